The highest BCUT2D eigenvalue weighted by Crippen LogP contribution is 2.49. The first-order valence-corrected chi connectivity index (χ1v) is 16.7. The molecule has 1 aliphatic heterocycles. The van der Waals surface area contributed by atoms with Gasteiger partial charge in [-0.1, -0.05) is 13.8 Å². The summed E-state index contributed by atoms with van der Waals surface area (Å²) in [6, 6.07) is 4.77. The van der Waals surface area contributed by atoms with E-state index in [2.05, 4.69) is 80.2 Å². The van der Waals surface area contributed by atoms with Crippen molar-refractivity contribution in [3.05, 3.63) is 34.0 Å². The van der Waals surface area contributed by atoms with Crippen LogP contribution in [0.15, 0.2) is 28.6 Å². The maximum absolute atomic E-state index is 11.0. The topological polar surface area (TPSA) is 115 Å². The molecule has 0 aliphatic carbocycles. The minimum absolute atomic E-state index is 0.0376. The quantitative estimate of drug-likeness (QED) is 0.0598. The molecule has 1 aliphatic rings. The lowest BCUT2D eigenvalue weighted by Crippen LogP contribution is -2.48. The highest BCUT2D eigenvalue weighted by atomic mass is 32.1. The number of thiazole rings is 1. The number of rotatable bonds is 16. The molecule has 11 nitrogen and oxygen atoms in total. The SMILES string of the molecule is CCCOP(OCCCCN1c2cc(OC)c(N=Nc3ncc([N+](=O)[O-])s3)cc2C(C)CC1(C)C)N(C(C)C)C(C)C. The second-order valence-electron chi connectivity index (χ2n) is 11.8. The molecule has 0 spiro atoms. The predicted molar refractivity (Wildman–Crippen MR) is 171 cm³/mol. The van der Waals surface area contributed by atoms with Gasteiger partial charge in [0.2, 0.25) is 5.13 Å². The third-order valence-corrected chi connectivity index (χ3v) is 10.2. The van der Waals surface area contributed by atoms with Gasteiger partial charge in [-0.25, -0.2) is 9.65 Å². The number of fused-ring (bicyclic) bond motifs is 1. The van der Waals surface area contributed by atoms with Gasteiger partial charge in [-0.05, 0) is 96.1 Å². The van der Waals surface area contributed by atoms with Crippen molar-refractivity contribution < 1.29 is 18.7 Å². The largest absolute Gasteiger partial charge is 0.494 e. The Labute approximate surface area is 255 Å². The Morgan fingerprint density at radius 2 is 1.88 bits per heavy atom. The Bertz CT molecular complexity index is 1200. The van der Waals surface area contributed by atoms with E-state index in [0.717, 1.165) is 49.3 Å². The molecule has 42 heavy (non-hydrogen) atoms. The zero-order valence-corrected chi connectivity index (χ0v) is 28.2. The third kappa shape index (κ3) is 8.66. The minimum Gasteiger partial charge on any atom is -0.494 e. The smallest absolute Gasteiger partial charge is 0.345 e. The molecule has 2 atom stereocenters. The summed E-state index contributed by atoms with van der Waals surface area (Å²) in [5.74, 6) is 0.913. The highest BCUT2D eigenvalue weighted by Gasteiger charge is 2.37. The molecule has 0 fully saturated rings. The van der Waals surface area contributed by atoms with Gasteiger partial charge in [-0.15, -0.1) is 10.2 Å². The summed E-state index contributed by atoms with van der Waals surface area (Å²) in [6.07, 6.45) is 5.06. The van der Waals surface area contributed by atoms with Crippen molar-refractivity contribution in [1.82, 2.24) is 9.65 Å². The number of methoxy groups -OCH3 is 1. The average Bonchev–Trinajstić information content (AvgIpc) is 3.40. The van der Waals surface area contributed by atoms with Crippen LogP contribution in [0.4, 0.5) is 21.5 Å². The maximum atomic E-state index is 11.0. The first-order valence-electron chi connectivity index (χ1n) is 14.7. The van der Waals surface area contributed by atoms with Crippen molar-refractivity contribution in [2.24, 2.45) is 10.2 Å². The second-order valence-corrected chi connectivity index (χ2v) is 14.2. The normalized spacial score (nSPS) is 17.4. The highest BCUT2D eigenvalue weighted by molar-refractivity contribution is 7.44. The zero-order valence-electron chi connectivity index (χ0n) is 26.5. The van der Waals surface area contributed by atoms with Crippen molar-refractivity contribution in [2.45, 2.75) is 105 Å². The predicted octanol–water partition coefficient (Wildman–Crippen LogP) is 9.14. The standard InChI is InChI=1S/C29H47N6O5PS/c1-10-14-39-41(34(20(2)3)21(4)5)40-15-12-11-13-33-25-17-26(38-9)24(16-23(25)22(6)18-29(33,7)8)31-32-28-30-19-27(42-28)35(36)37/h16-17,19-22H,10-15,18H2,1-9H3. The van der Waals surface area contributed by atoms with Crippen molar-refractivity contribution in [2.75, 3.05) is 31.8 Å². The van der Waals surface area contributed by atoms with Crippen LogP contribution in [0.1, 0.15) is 92.6 Å². The number of nitro groups is 1. The number of benzene rings is 1. The first kappa shape index (κ1) is 34.3. The van der Waals surface area contributed by atoms with E-state index in [1.54, 1.807) is 7.11 Å². The van der Waals surface area contributed by atoms with Crippen LogP contribution < -0.4 is 9.64 Å². The number of unbranched alkanes of at least 4 members (excludes halogenated alkanes) is 1. The van der Waals surface area contributed by atoms with E-state index >= 15 is 0 Å². The summed E-state index contributed by atoms with van der Waals surface area (Å²) < 4.78 is 20.6. The van der Waals surface area contributed by atoms with Crippen molar-refractivity contribution in [3.8, 4) is 5.75 Å². The number of ether oxygens (including phenoxy) is 1. The van der Waals surface area contributed by atoms with Gasteiger partial charge in [0, 0.05) is 35.9 Å². The fourth-order valence-corrected chi connectivity index (χ4v) is 7.75. The maximum Gasteiger partial charge on any atom is 0.345 e. The van der Waals surface area contributed by atoms with Crippen LogP contribution in [0.5, 0.6) is 5.75 Å². The summed E-state index contributed by atoms with van der Waals surface area (Å²) in [5, 5.41) is 19.7. The van der Waals surface area contributed by atoms with Gasteiger partial charge in [0.25, 0.3) is 8.53 Å². The molecular weight excluding hydrogens is 575 g/mol. The van der Waals surface area contributed by atoms with Gasteiger partial charge in [0.15, 0.2) is 0 Å². The first-order chi connectivity index (χ1) is 19.9. The monoisotopic (exact) mass is 622 g/mol. The van der Waals surface area contributed by atoms with Crippen LogP contribution in [0.2, 0.25) is 0 Å². The molecule has 0 amide bonds. The van der Waals surface area contributed by atoms with Gasteiger partial charge in [-0.3, -0.25) is 10.1 Å². The van der Waals surface area contributed by atoms with E-state index in [1.165, 1.54) is 11.8 Å². The molecule has 0 saturated heterocycles. The average molecular weight is 623 g/mol. The van der Waals surface area contributed by atoms with Crippen molar-refractivity contribution in [1.29, 1.82) is 0 Å². The van der Waals surface area contributed by atoms with Crippen molar-refractivity contribution >= 4 is 41.4 Å². The molecular formula is C29H47N6O5PS. The third-order valence-electron chi connectivity index (χ3n) is 7.22. The Balaban J connectivity index is 1.73. The fourth-order valence-electron chi connectivity index (χ4n) is 5.47. The molecule has 2 unspecified atom stereocenters. The molecule has 234 valence electrons. The van der Waals surface area contributed by atoms with E-state index in [4.69, 9.17) is 13.8 Å². The molecule has 0 N–H and O–H groups in total. The second kappa shape index (κ2) is 15.5. The molecule has 0 radical (unpaired) electrons. The van der Waals surface area contributed by atoms with Gasteiger partial charge in [0.05, 0.1) is 25.2 Å². The fraction of sp³-hybridized carbons (Fsp3) is 0.690. The van der Waals surface area contributed by atoms with Gasteiger partial charge < -0.3 is 18.7 Å². The Hall–Kier alpha value is -2.24. The summed E-state index contributed by atoms with van der Waals surface area (Å²) in [6.45, 7) is 19.9. The van der Waals surface area contributed by atoms with Crippen LogP contribution in [-0.4, -0.2) is 59.1 Å². The Kier molecular flexibility index (Phi) is 12.6. The van der Waals surface area contributed by atoms with E-state index in [-0.39, 0.29) is 15.7 Å². The molecule has 3 rings (SSSR count). The number of hydrogen-bond donors (Lipinski definition) is 0. The minimum atomic E-state index is -1.09. The van der Waals surface area contributed by atoms with Crippen LogP contribution in [-0.2, 0) is 9.05 Å². The molecule has 2 aromatic rings. The Morgan fingerprint density at radius 3 is 2.48 bits per heavy atom. The summed E-state index contributed by atoms with van der Waals surface area (Å²) >= 11 is 0.886. The van der Waals surface area contributed by atoms with Gasteiger partial charge in [0.1, 0.15) is 17.6 Å². The van der Waals surface area contributed by atoms with Crippen LogP contribution in [0.25, 0.3) is 0 Å². The van der Waals surface area contributed by atoms with E-state index in [1.807, 2.05) is 12.1 Å². The van der Waals surface area contributed by atoms with E-state index in [0.29, 0.717) is 42.7 Å². The lowest BCUT2D eigenvalue weighted by molar-refractivity contribution is -0.380. The summed E-state index contributed by atoms with van der Waals surface area (Å²) in [5.41, 5.74) is 2.87. The number of nitrogens with zero attached hydrogens (tertiary/aromatic N) is 6. The van der Waals surface area contributed by atoms with Crippen LogP contribution in [0.3, 0.4) is 0 Å². The van der Waals surface area contributed by atoms with Crippen LogP contribution in [0, 0.1) is 10.1 Å². The number of aromatic nitrogens is 1. The van der Waals surface area contributed by atoms with Crippen LogP contribution >= 0.6 is 19.9 Å². The summed E-state index contributed by atoms with van der Waals surface area (Å²) in [4.78, 5) is 17.0. The number of hydrogen-bond acceptors (Lipinski definition) is 11. The lowest BCUT2D eigenvalue weighted by Gasteiger charge is -2.48. The zero-order chi connectivity index (χ0) is 31.0. The van der Waals surface area contributed by atoms with Gasteiger partial charge in [-0.2, -0.15) is 0 Å². The molecule has 1 aromatic carbocycles. The molecule has 13 heteroatoms. The van der Waals surface area contributed by atoms with E-state index < -0.39 is 13.4 Å². The Morgan fingerprint density at radius 1 is 1.19 bits per heavy atom. The molecule has 0 saturated carbocycles. The van der Waals surface area contributed by atoms with Gasteiger partial charge >= 0.3 is 5.00 Å². The molecule has 1 aromatic heterocycles. The number of azo groups is 1. The lowest BCUT2D eigenvalue weighted by atomic mass is 9.79. The molecule has 2 heterocycles. The van der Waals surface area contributed by atoms with E-state index in [9.17, 15) is 10.1 Å². The number of anilines is 1. The molecule has 0 bridgehead atoms. The summed E-state index contributed by atoms with van der Waals surface area (Å²) in [7, 11) is 0.522. The van der Waals surface area contributed by atoms with Crippen molar-refractivity contribution in [3.63, 3.8) is 0 Å².